The maximum Gasteiger partial charge on any atom is 0.307 e. The maximum absolute atomic E-state index is 13.0. The third-order valence-electron chi connectivity index (χ3n) is 15.6. The number of esters is 4. The molecule has 0 fully saturated rings. The van der Waals surface area contributed by atoms with Crippen molar-refractivity contribution in [2.75, 3.05) is 149 Å². The third-order valence-corrected chi connectivity index (χ3v) is 20.5. The number of rotatable bonds is 72. The van der Waals surface area contributed by atoms with Crippen LogP contribution in [-0.4, -0.2) is 187 Å². The van der Waals surface area contributed by atoms with Crippen LogP contribution >= 0.6 is 43.2 Å². The van der Waals surface area contributed by atoms with Crippen LogP contribution in [-0.2, 0) is 57.1 Å². The Kier molecular flexibility index (Phi) is 69.5. The Hall–Kier alpha value is -1.00. The van der Waals surface area contributed by atoms with Crippen molar-refractivity contribution in [3.8, 4) is 0 Å². The number of hydrogen-bond donors (Lipinski definition) is 0. The minimum atomic E-state index is -0.307. The van der Waals surface area contributed by atoms with Crippen LogP contribution in [0.1, 0.15) is 260 Å². The molecule has 2 unspecified atom stereocenters. The van der Waals surface area contributed by atoms with E-state index in [0.29, 0.717) is 71.0 Å². The summed E-state index contributed by atoms with van der Waals surface area (Å²) in [5.41, 5.74) is 0. The molecule has 88 heavy (non-hydrogen) atoms. The molecule has 0 heterocycles. The molecule has 0 spiro atoms. The van der Waals surface area contributed by atoms with Crippen molar-refractivity contribution in [3.63, 3.8) is 0 Å². The van der Waals surface area contributed by atoms with Gasteiger partial charge in [-0.3, -0.25) is 19.2 Å². The molecule has 0 aliphatic heterocycles. The van der Waals surface area contributed by atoms with E-state index in [0.717, 1.165) is 55.5 Å². The lowest BCUT2D eigenvalue weighted by molar-refractivity contribution is -0.148. The molecule has 0 aromatic rings. The lowest BCUT2D eigenvalue weighted by Gasteiger charge is -2.25. The Bertz CT molecular complexity index is 1420. The van der Waals surface area contributed by atoms with E-state index < -0.39 is 0 Å². The molecule has 19 heteroatoms. The van der Waals surface area contributed by atoms with Crippen molar-refractivity contribution < 1.29 is 57.1 Å². The topological polar surface area (TPSA) is 152 Å². The average molecular weight is 1330 g/mol. The van der Waals surface area contributed by atoms with E-state index in [2.05, 4.69) is 63.3 Å². The highest BCUT2D eigenvalue weighted by Gasteiger charge is 2.17. The number of nitrogens with zero attached hydrogens (tertiary/aromatic N) is 3. The van der Waals surface area contributed by atoms with Gasteiger partial charge in [0.15, 0.2) is 0 Å². The van der Waals surface area contributed by atoms with E-state index in [9.17, 15) is 19.2 Å². The van der Waals surface area contributed by atoms with E-state index in [1.54, 1.807) is 21.6 Å². The summed E-state index contributed by atoms with van der Waals surface area (Å²) in [6.45, 7) is 21.8. The molecule has 0 N–H and O–H groups in total. The molecule has 522 valence electrons. The largest absolute Gasteiger partial charge is 0.465 e. The zero-order valence-electron chi connectivity index (χ0n) is 57.6. The summed E-state index contributed by atoms with van der Waals surface area (Å²) in [5, 5.41) is 0. The van der Waals surface area contributed by atoms with Crippen LogP contribution in [0, 0.1) is 11.8 Å². The van der Waals surface area contributed by atoms with Gasteiger partial charge in [0.2, 0.25) is 0 Å². The fourth-order valence-electron chi connectivity index (χ4n) is 10.1. The first kappa shape index (κ1) is 87.0. The molecule has 2 atom stereocenters. The van der Waals surface area contributed by atoms with Gasteiger partial charge < -0.3 is 52.6 Å². The molecular weight excluding hydrogens is 1190 g/mol. The van der Waals surface area contributed by atoms with Gasteiger partial charge in [0.05, 0.1) is 52.1 Å². The van der Waals surface area contributed by atoms with Crippen LogP contribution < -0.4 is 0 Å². The van der Waals surface area contributed by atoms with Gasteiger partial charge in [-0.05, 0) is 96.4 Å². The summed E-state index contributed by atoms with van der Waals surface area (Å²) in [4.78, 5) is 58.3. The first-order valence-corrected chi connectivity index (χ1v) is 40.6. The van der Waals surface area contributed by atoms with Crippen molar-refractivity contribution in [1.82, 2.24) is 14.7 Å². The first-order valence-electron chi connectivity index (χ1n) is 35.7. The standard InChI is InChI=1S/C69H135N3O12S4/c1-8-14-20-24-26-30-56-85-87-58-54-83-68(75)40-48-72(49-41-69(76)84-55-59-88-86-57-31-27-25-21-15-9-2)45-33-43-70(7)42-32-44-71(46-38-66(73)81-52-50-77-62-79-60-64(34-18-12-5)36-28-22-16-10-3)47-39-67(74)82-53-51-78-63-80-61-65(35-19-13-6)37-29-23-17-11-4/h64-65H,8-63H2,1-7H3. The van der Waals surface area contributed by atoms with Crippen molar-refractivity contribution >= 4 is 67.1 Å². The Morgan fingerprint density at radius 3 is 0.977 bits per heavy atom. The minimum Gasteiger partial charge on any atom is -0.465 e. The Morgan fingerprint density at radius 2 is 0.614 bits per heavy atom. The molecule has 0 aliphatic rings. The quantitative estimate of drug-likeness (QED) is 0.0186. The maximum atomic E-state index is 13.0. The summed E-state index contributed by atoms with van der Waals surface area (Å²) < 4.78 is 45.5. The first-order chi connectivity index (χ1) is 43.1. The van der Waals surface area contributed by atoms with Crippen molar-refractivity contribution in [1.29, 1.82) is 0 Å². The lowest BCUT2D eigenvalue weighted by atomic mass is 9.96. The van der Waals surface area contributed by atoms with Crippen LogP contribution in [0.25, 0.3) is 0 Å². The SMILES string of the molecule is CCCCCCCCSSCCOC(=O)CCN(CCCN(C)CCCN(CCC(=O)OCCOCOCC(CCCC)CCCCCC)CCC(=O)OCCOCOCC(CCCC)CCCCCC)CCC(=O)OCCSSCCCCCCCC. The number of ether oxygens (including phenoxy) is 8. The monoisotopic (exact) mass is 1330 g/mol. The fraction of sp³-hybridized carbons (Fsp3) is 0.942. The highest BCUT2D eigenvalue weighted by molar-refractivity contribution is 8.77. The molecule has 0 saturated carbocycles. The number of carbonyl (C=O) groups excluding carboxylic acids is 4. The zero-order valence-corrected chi connectivity index (χ0v) is 60.9. The summed E-state index contributed by atoms with van der Waals surface area (Å²) >= 11 is 0. The normalized spacial score (nSPS) is 12.4. The lowest BCUT2D eigenvalue weighted by Crippen LogP contribution is -2.34. The van der Waals surface area contributed by atoms with E-state index in [4.69, 9.17) is 37.9 Å². The van der Waals surface area contributed by atoms with Crippen LogP contribution in [0.5, 0.6) is 0 Å². The molecule has 0 radical (unpaired) electrons. The Morgan fingerprint density at radius 1 is 0.307 bits per heavy atom. The zero-order chi connectivity index (χ0) is 64.3. The summed E-state index contributed by atoms with van der Waals surface area (Å²) in [5.74, 6) is 3.89. The Balaban J connectivity index is 5.29. The van der Waals surface area contributed by atoms with Crippen molar-refractivity contribution in [2.24, 2.45) is 11.8 Å². The van der Waals surface area contributed by atoms with Gasteiger partial charge in [0, 0.05) is 49.2 Å². The highest BCUT2D eigenvalue weighted by Crippen LogP contribution is 2.25. The number of carbonyl (C=O) groups is 4. The molecule has 0 bridgehead atoms. The van der Waals surface area contributed by atoms with Crippen molar-refractivity contribution in [3.05, 3.63) is 0 Å². The second-order valence-corrected chi connectivity index (χ2v) is 29.3. The second-order valence-electron chi connectivity index (χ2n) is 23.9. The minimum absolute atomic E-state index is 0.156. The fourth-order valence-corrected chi connectivity index (χ4v) is 14.1. The van der Waals surface area contributed by atoms with Gasteiger partial charge in [-0.25, -0.2) is 0 Å². The molecule has 0 aromatic heterocycles. The molecule has 0 rings (SSSR count). The predicted molar refractivity (Wildman–Crippen MR) is 376 cm³/mol. The van der Waals surface area contributed by atoms with Crippen LogP contribution in [0.15, 0.2) is 0 Å². The molecule has 0 aromatic carbocycles. The van der Waals surface area contributed by atoms with E-state index in [1.807, 2.05) is 21.6 Å². The Labute approximate surface area is 556 Å². The van der Waals surface area contributed by atoms with Crippen molar-refractivity contribution in [2.45, 2.75) is 260 Å². The molecule has 0 saturated heterocycles. The molecule has 0 amide bonds. The van der Waals surface area contributed by atoms with Gasteiger partial charge in [-0.2, -0.15) is 0 Å². The average Bonchev–Trinajstić information content (AvgIpc) is 3.52. The van der Waals surface area contributed by atoms with Crippen LogP contribution in [0.4, 0.5) is 0 Å². The van der Waals surface area contributed by atoms with Crippen LogP contribution in [0.3, 0.4) is 0 Å². The highest BCUT2D eigenvalue weighted by atomic mass is 33.1. The van der Waals surface area contributed by atoms with E-state index in [1.165, 1.54) is 180 Å². The predicted octanol–water partition coefficient (Wildman–Crippen LogP) is 17.1. The molecule has 15 nitrogen and oxygen atoms in total. The van der Waals surface area contributed by atoms with Gasteiger partial charge in [-0.1, -0.05) is 226 Å². The second kappa shape index (κ2) is 70.3. The van der Waals surface area contributed by atoms with Gasteiger partial charge >= 0.3 is 23.9 Å². The van der Waals surface area contributed by atoms with Gasteiger partial charge in [0.1, 0.15) is 40.0 Å². The summed E-state index contributed by atoms with van der Waals surface area (Å²) in [7, 11) is 9.39. The third kappa shape index (κ3) is 63.7. The number of unbranched alkanes of at least 4 members (excludes halogenated alkanes) is 18. The molecule has 0 aliphatic carbocycles. The van der Waals surface area contributed by atoms with E-state index in [-0.39, 0.29) is 89.6 Å². The summed E-state index contributed by atoms with van der Waals surface area (Å²) in [6, 6.07) is 0. The van der Waals surface area contributed by atoms with Gasteiger partial charge in [-0.15, -0.1) is 0 Å². The smallest absolute Gasteiger partial charge is 0.307 e. The van der Waals surface area contributed by atoms with Gasteiger partial charge in [0.25, 0.3) is 0 Å². The molecular formula is C69H135N3O12S4. The van der Waals surface area contributed by atoms with E-state index >= 15 is 0 Å². The summed E-state index contributed by atoms with van der Waals surface area (Å²) in [6.07, 6.45) is 37.7. The number of hydrogen-bond acceptors (Lipinski definition) is 19. The van der Waals surface area contributed by atoms with Crippen LogP contribution in [0.2, 0.25) is 0 Å².